The van der Waals surface area contributed by atoms with Gasteiger partial charge >= 0.3 is 0 Å². The van der Waals surface area contributed by atoms with Crippen LogP contribution in [0.5, 0.6) is 5.75 Å². The van der Waals surface area contributed by atoms with Gasteiger partial charge in [-0.25, -0.2) is 0 Å². The molecule has 4 aliphatic heterocycles. The number of β-amino-alcohol motifs (C(OH)–C–C–N with tert-alkyl or cyclic N) is 1. The lowest BCUT2D eigenvalue weighted by molar-refractivity contribution is -0.149. The molecule has 0 bridgehead atoms. The topological polar surface area (TPSA) is 99.6 Å². The van der Waals surface area contributed by atoms with Crippen LogP contribution >= 0.6 is 0 Å². The Kier molecular flexibility index (Phi) is 5.72. The summed E-state index contributed by atoms with van der Waals surface area (Å²) in [4.78, 5) is 46.3. The Bertz CT molecular complexity index is 1100. The van der Waals surface area contributed by atoms with E-state index < -0.39 is 29.1 Å². The molecule has 2 fully saturated rings. The average Bonchev–Trinajstić information content (AvgIpc) is 3.15. The molecule has 3 amide bonds. The second kappa shape index (κ2) is 8.49. The van der Waals surface area contributed by atoms with Crippen LogP contribution in [-0.4, -0.2) is 90.3 Å². The highest BCUT2D eigenvalue weighted by molar-refractivity contribution is 6.06. The minimum Gasteiger partial charge on any atom is -0.497 e. The number of carbonyl (C=O) groups excluding carboxylic acids is 3. The summed E-state index contributed by atoms with van der Waals surface area (Å²) in [5, 5.41) is 9.78. The second-order valence-corrected chi connectivity index (χ2v) is 9.55. The van der Waals surface area contributed by atoms with Gasteiger partial charge in [-0.1, -0.05) is 31.2 Å². The van der Waals surface area contributed by atoms with Crippen LogP contribution in [-0.2, 0) is 19.1 Å². The molecule has 0 saturated carbocycles. The fourth-order valence-electron chi connectivity index (χ4n) is 6.22. The molecule has 0 aromatic heterocycles. The molecular formula is C26H31N3O6. The second-order valence-electron chi connectivity index (χ2n) is 9.55. The number of nitrogens with zero attached hydrogens (tertiary/aromatic N) is 3. The van der Waals surface area contributed by atoms with E-state index in [9.17, 15) is 19.5 Å². The lowest BCUT2D eigenvalue weighted by Gasteiger charge is -2.38. The molecule has 5 rings (SSSR count). The number of fused-ring (bicyclic) bond motifs is 2. The summed E-state index contributed by atoms with van der Waals surface area (Å²) >= 11 is 0. The van der Waals surface area contributed by atoms with E-state index in [-0.39, 0.29) is 37.4 Å². The lowest BCUT2D eigenvalue weighted by Crippen LogP contribution is -2.56. The largest absolute Gasteiger partial charge is 0.497 e. The first-order valence-electron chi connectivity index (χ1n) is 12.0. The van der Waals surface area contributed by atoms with Gasteiger partial charge in [0.25, 0.3) is 5.91 Å². The van der Waals surface area contributed by atoms with Gasteiger partial charge in [-0.2, -0.15) is 0 Å². The van der Waals surface area contributed by atoms with E-state index in [2.05, 4.69) is 0 Å². The highest BCUT2D eigenvalue weighted by Crippen LogP contribution is 2.58. The van der Waals surface area contributed by atoms with Gasteiger partial charge in [-0.05, 0) is 30.7 Å². The van der Waals surface area contributed by atoms with Gasteiger partial charge in [-0.15, -0.1) is 0 Å². The fourth-order valence-corrected chi connectivity index (χ4v) is 6.22. The maximum Gasteiger partial charge on any atom is 0.253 e. The van der Waals surface area contributed by atoms with Crippen molar-refractivity contribution in [3.8, 4) is 5.75 Å². The van der Waals surface area contributed by atoms with Crippen molar-refractivity contribution in [1.29, 1.82) is 0 Å². The third-order valence-corrected chi connectivity index (χ3v) is 7.87. The van der Waals surface area contributed by atoms with Crippen LogP contribution in [0.25, 0.3) is 0 Å². The van der Waals surface area contributed by atoms with Crippen molar-refractivity contribution >= 4 is 23.4 Å². The predicted octanol–water partition coefficient (Wildman–Crippen LogP) is 0.980. The van der Waals surface area contributed by atoms with Gasteiger partial charge in [0.05, 0.1) is 31.2 Å². The zero-order valence-corrected chi connectivity index (χ0v) is 20.2. The van der Waals surface area contributed by atoms with Crippen LogP contribution in [0.1, 0.15) is 13.3 Å². The summed E-state index contributed by atoms with van der Waals surface area (Å²) in [6.07, 6.45) is 7.94. The number of carbonyl (C=O) groups is 3. The molecule has 1 N–H and O–H groups in total. The van der Waals surface area contributed by atoms with Crippen molar-refractivity contribution in [1.82, 2.24) is 9.80 Å². The molecule has 1 unspecified atom stereocenters. The first-order chi connectivity index (χ1) is 16.8. The van der Waals surface area contributed by atoms with E-state index in [1.165, 1.54) is 4.90 Å². The van der Waals surface area contributed by atoms with Crippen molar-refractivity contribution < 1.29 is 29.0 Å². The molecular weight excluding hydrogens is 450 g/mol. The van der Waals surface area contributed by atoms with E-state index in [0.717, 1.165) is 0 Å². The smallest absolute Gasteiger partial charge is 0.253 e. The molecule has 186 valence electrons. The third kappa shape index (κ3) is 3.25. The molecule has 9 nitrogen and oxygen atoms in total. The number of hydrogen-bond donors (Lipinski definition) is 1. The summed E-state index contributed by atoms with van der Waals surface area (Å²) in [5.74, 6) is -1.78. The van der Waals surface area contributed by atoms with Crippen LogP contribution in [0.3, 0.4) is 0 Å². The normalized spacial score (nSPS) is 34.0. The van der Waals surface area contributed by atoms with Gasteiger partial charge in [0.2, 0.25) is 11.8 Å². The Morgan fingerprint density at radius 3 is 2.40 bits per heavy atom. The average molecular weight is 482 g/mol. The van der Waals surface area contributed by atoms with Crippen molar-refractivity contribution in [2.75, 3.05) is 45.3 Å². The maximum absolute atomic E-state index is 14.1. The molecule has 35 heavy (non-hydrogen) atoms. The standard InChI is InChI=1S/C26H31N3O6/c1-4-25-11-5-13-27(2)22(31)19(25)20-23(32)29(15-16-30)21-24(33)28(14-6-12-26(20,21)35-25)17-7-9-18(34-3)10-8-17/h5-12,19-21,30H,4,13-16H2,1-3H3/t19-,20+,21?,25+,26+/m1/s1. The molecule has 0 aliphatic carbocycles. The van der Waals surface area contributed by atoms with Crippen molar-refractivity contribution in [3.63, 3.8) is 0 Å². The van der Waals surface area contributed by atoms with Gasteiger partial charge in [0.15, 0.2) is 0 Å². The van der Waals surface area contributed by atoms with Crippen molar-refractivity contribution in [2.24, 2.45) is 11.8 Å². The van der Waals surface area contributed by atoms with Gasteiger partial charge in [0, 0.05) is 32.4 Å². The SMILES string of the molecule is CC[C@]12C=CCN(C)C(=O)[C@H]1[C@H]1C(=O)N(CCO)C3C(=O)N(c4ccc(OC)cc4)CC=C[C@@]31O2. The van der Waals surface area contributed by atoms with E-state index >= 15 is 0 Å². The van der Waals surface area contributed by atoms with Crippen LogP contribution in [0, 0.1) is 11.8 Å². The number of likely N-dealkylation sites (tertiary alicyclic amines) is 1. The highest BCUT2D eigenvalue weighted by atomic mass is 16.5. The number of rotatable bonds is 5. The number of hydrogen-bond acceptors (Lipinski definition) is 6. The Morgan fingerprint density at radius 2 is 1.74 bits per heavy atom. The van der Waals surface area contributed by atoms with Gasteiger partial charge < -0.3 is 29.3 Å². The lowest BCUT2D eigenvalue weighted by atomic mass is 9.73. The summed E-state index contributed by atoms with van der Waals surface area (Å²) in [6, 6.07) is 6.13. The number of methoxy groups -OCH3 is 1. The molecule has 9 heteroatoms. The molecule has 5 atom stereocenters. The number of likely N-dealkylation sites (N-methyl/N-ethyl adjacent to an activating group) is 1. The predicted molar refractivity (Wildman–Crippen MR) is 128 cm³/mol. The fraction of sp³-hybridized carbons (Fsp3) is 0.500. The Balaban J connectivity index is 1.64. The number of ether oxygens (including phenoxy) is 2. The number of aliphatic hydroxyl groups is 1. The maximum atomic E-state index is 14.1. The zero-order chi connectivity index (χ0) is 25.0. The highest BCUT2D eigenvalue weighted by Gasteiger charge is 2.75. The van der Waals surface area contributed by atoms with Crippen LogP contribution in [0.4, 0.5) is 5.69 Å². The first-order valence-corrected chi connectivity index (χ1v) is 12.0. The van der Waals surface area contributed by atoms with Crippen LogP contribution < -0.4 is 9.64 Å². The van der Waals surface area contributed by atoms with Crippen LogP contribution in [0.2, 0.25) is 0 Å². The van der Waals surface area contributed by atoms with Crippen molar-refractivity contribution in [2.45, 2.75) is 30.6 Å². The monoisotopic (exact) mass is 481 g/mol. The number of anilines is 1. The van der Waals surface area contributed by atoms with Gasteiger partial charge in [0.1, 0.15) is 17.4 Å². The van der Waals surface area contributed by atoms with E-state index in [0.29, 0.717) is 24.4 Å². The number of amides is 3. The zero-order valence-electron chi connectivity index (χ0n) is 20.2. The minimum absolute atomic E-state index is 0.0210. The molecule has 1 aromatic rings. The van der Waals surface area contributed by atoms with Crippen LogP contribution in [0.15, 0.2) is 48.6 Å². The molecule has 4 aliphatic rings. The summed E-state index contributed by atoms with van der Waals surface area (Å²) in [7, 11) is 3.29. The quantitative estimate of drug-likeness (QED) is 0.630. The minimum atomic E-state index is -1.32. The van der Waals surface area contributed by atoms with E-state index in [4.69, 9.17) is 9.47 Å². The summed E-state index contributed by atoms with van der Waals surface area (Å²) in [6.45, 7) is 2.32. The van der Waals surface area contributed by atoms with Crippen molar-refractivity contribution in [3.05, 3.63) is 48.6 Å². The Labute approximate surface area is 204 Å². The van der Waals surface area contributed by atoms with Gasteiger partial charge in [-0.3, -0.25) is 14.4 Å². The van der Waals surface area contributed by atoms with E-state index in [1.807, 2.05) is 31.2 Å². The molecule has 1 spiro atoms. The summed E-state index contributed by atoms with van der Waals surface area (Å²) < 4.78 is 12.0. The number of benzene rings is 1. The Hall–Kier alpha value is -3.17. The molecule has 4 heterocycles. The van der Waals surface area contributed by atoms with E-state index in [1.54, 1.807) is 48.2 Å². The summed E-state index contributed by atoms with van der Waals surface area (Å²) in [5.41, 5.74) is -1.65. The first kappa shape index (κ1) is 23.6. The number of aliphatic hydroxyl groups excluding tert-OH is 1. The Morgan fingerprint density at radius 1 is 1.03 bits per heavy atom. The molecule has 0 radical (unpaired) electrons. The molecule has 1 aromatic carbocycles. The molecule has 2 saturated heterocycles. The third-order valence-electron chi connectivity index (χ3n) is 7.87.